The van der Waals surface area contributed by atoms with Crippen molar-refractivity contribution in [2.45, 2.75) is 13.3 Å². The fourth-order valence-electron chi connectivity index (χ4n) is 3.50. The Morgan fingerprint density at radius 1 is 0.970 bits per heavy atom. The molecule has 1 saturated heterocycles. The molecule has 0 atom stereocenters. The van der Waals surface area contributed by atoms with E-state index in [1.807, 2.05) is 73.7 Å². The van der Waals surface area contributed by atoms with Gasteiger partial charge in [0.15, 0.2) is 5.17 Å². The van der Waals surface area contributed by atoms with Gasteiger partial charge in [-0.1, -0.05) is 48.0 Å². The van der Waals surface area contributed by atoms with E-state index < -0.39 is 0 Å². The standard InChI is InChI=1S/C27H26N2O3S/c1-19-9-11-22(12-10-19)28-27-29(16-15-20-7-5-4-6-8-20)26(30)25(33-27)18-21-17-23(31-2)13-14-24(21)32-3/h4-14,17-18H,15-16H2,1-3H3/b25-18+,28-27?. The zero-order chi connectivity index (χ0) is 23.2. The molecule has 1 heterocycles. The molecule has 4 rings (SSSR count). The van der Waals surface area contributed by atoms with E-state index in [2.05, 4.69) is 12.1 Å². The Bertz CT molecular complexity index is 1190. The van der Waals surface area contributed by atoms with E-state index in [0.717, 1.165) is 17.7 Å². The van der Waals surface area contributed by atoms with Gasteiger partial charge in [-0.15, -0.1) is 0 Å². The Labute approximate surface area is 198 Å². The zero-order valence-corrected chi connectivity index (χ0v) is 19.8. The van der Waals surface area contributed by atoms with Crippen LogP contribution in [0.2, 0.25) is 0 Å². The lowest BCUT2D eigenvalue weighted by molar-refractivity contribution is -0.122. The van der Waals surface area contributed by atoms with Crippen molar-refractivity contribution in [1.82, 2.24) is 4.90 Å². The van der Waals surface area contributed by atoms with Crippen molar-refractivity contribution in [1.29, 1.82) is 0 Å². The SMILES string of the molecule is COc1ccc(OC)c(/C=C2/SC(=Nc3ccc(C)cc3)N(CCc3ccccc3)C2=O)c1. The fourth-order valence-corrected chi connectivity index (χ4v) is 4.51. The first-order chi connectivity index (χ1) is 16.1. The normalized spacial score (nSPS) is 16.0. The van der Waals surface area contributed by atoms with Crippen LogP contribution >= 0.6 is 11.8 Å². The maximum atomic E-state index is 13.4. The maximum absolute atomic E-state index is 13.4. The maximum Gasteiger partial charge on any atom is 0.266 e. The van der Waals surface area contributed by atoms with Crippen LogP contribution in [-0.2, 0) is 11.2 Å². The molecule has 0 spiro atoms. The highest BCUT2D eigenvalue weighted by atomic mass is 32.2. The van der Waals surface area contributed by atoms with E-state index in [1.54, 1.807) is 19.1 Å². The van der Waals surface area contributed by atoms with Crippen molar-refractivity contribution in [3.63, 3.8) is 0 Å². The molecular formula is C27H26N2O3S. The number of nitrogens with zero attached hydrogens (tertiary/aromatic N) is 2. The van der Waals surface area contributed by atoms with Crippen LogP contribution < -0.4 is 9.47 Å². The number of benzene rings is 3. The molecule has 1 aliphatic rings. The molecule has 3 aromatic carbocycles. The summed E-state index contributed by atoms with van der Waals surface area (Å²) in [5, 5.41) is 0.674. The third kappa shape index (κ3) is 5.46. The fraction of sp³-hybridized carbons (Fsp3) is 0.185. The Balaban J connectivity index is 1.68. The molecule has 0 radical (unpaired) electrons. The average molecular weight is 459 g/mol. The summed E-state index contributed by atoms with van der Waals surface area (Å²) in [6.07, 6.45) is 2.59. The van der Waals surface area contributed by atoms with E-state index in [1.165, 1.54) is 22.9 Å². The second-order valence-electron chi connectivity index (χ2n) is 7.64. The first-order valence-corrected chi connectivity index (χ1v) is 11.5. The minimum Gasteiger partial charge on any atom is -0.497 e. The van der Waals surface area contributed by atoms with Crippen LogP contribution in [0.3, 0.4) is 0 Å². The molecule has 33 heavy (non-hydrogen) atoms. The molecule has 6 heteroatoms. The molecule has 1 fully saturated rings. The number of ether oxygens (including phenoxy) is 2. The third-order valence-electron chi connectivity index (χ3n) is 5.34. The van der Waals surface area contributed by atoms with Crippen molar-refractivity contribution >= 4 is 34.6 Å². The average Bonchev–Trinajstić information content (AvgIpc) is 3.13. The summed E-state index contributed by atoms with van der Waals surface area (Å²) in [5.41, 5.74) is 3.95. The van der Waals surface area contributed by atoms with Gasteiger partial charge in [-0.25, -0.2) is 4.99 Å². The van der Waals surface area contributed by atoms with Crippen LogP contribution in [0.15, 0.2) is 82.7 Å². The van der Waals surface area contributed by atoms with Crippen molar-refractivity contribution in [3.8, 4) is 11.5 Å². The molecule has 0 bridgehead atoms. The summed E-state index contributed by atoms with van der Waals surface area (Å²) in [4.78, 5) is 20.6. The number of hydrogen-bond donors (Lipinski definition) is 0. The molecule has 0 saturated carbocycles. The monoisotopic (exact) mass is 458 g/mol. The molecular weight excluding hydrogens is 432 g/mol. The number of methoxy groups -OCH3 is 2. The van der Waals surface area contributed by atoms with E-state index in [4.69, 9.17) is 14.5 Å². The van der Waals surface area contributed by atoms with Crippen LogP contribution in [0.5, 0.6) is 11.5 Å². The topological polar surface area (TPSA) is 51.1 Å². The number of aryl methyl sites for hydroxylation is 1. The molecule has 168 valence electrons. The summed E-state index contributed by atoms with van der Waals surface area (Å²) in [5.74, 6) is 1.32. The first-order valence-electron chi connectivity index (χ1n) is 10.7. The van der Waals surface area contributed by atoms with Crippen molar-refractivity contribution in [2.24, 2.45) is 4.99 Å². The predicted molar refractivity (Wildman–Crippen MR) is 135 cm³/mol. The molecule has 0 N–H and O–H groups in total. The zero-order valence-electron chi connectivity index (χ0n) is 18.9. The first kappa shape index (κ1) is 22.7. The lowest BCUT2D eigenvalue weighted by Crippen LogP contribution is -2.31. The van der Waals surface area contributed by atoms with E-state index in [9.17, 15) is 4.79 Å². The van der Waals surface area contributed by atoms with Gasteiger partial charge >= 0.3 is 0 Å². The lowest BCUT2D eigenvalue weighted by atomic mass is 10.1. The largest absolute Gasteiger partial charge is 0.497 e. The van der Waals surface area contributed by atoms with Crippen LogP contribution in [0.4, 0.5) is 5.69 Å². The van der Waals surface area contributed by atoms with Gasteiger partial charge in [0.1, 0.15) is 11.5 Å². The van der Waals surface area contributed by atoms with Crippen LogP contribution in [-0.4, -0.2) is 36.7 Å². The molecule has 3 aromatic rings. The summed E-state index contributed by atoms with van der Waals surface area (Å²) in [6.45, 7) is 2.59. The Hall–Kier alpha value is -3.51. The highest BCUT2D eigenvalue weighted by Gasteiger charge is 2.33. The van der Waals surface area contributed by atoms with Crippen LogP contribution in [0.1, 0.15) is 16.7 Å². The van der Waals surface area contributed by atoms with Gasteiger partial charge in [0.05, 0.1) is 24.8 Å². The van der Waals surface area contributed by atoms with E-state index >= 15 is 0 Å². The highest BCUT2D eigenvalue weighted by molar-refractivity contribution is 8.18. The number of hydrogen-bond acceptors (Lipinski definition) is 5. The second-order valence-corrected chi connectivity index (χ2v) is 8.65. The summed E-state index contributed by atoms with van der Waals surface area (Å²) in [7, 11) is 3.23. The number of rotatable bonds is 7. The van der Waals surface area contributed by atoms with Gasteiger partial charge in [-0.05, 0) is 67.1 Å². The van der Waals surface area contributed by atoms with Crippen molar-refractivity contribution in [3.05, 3.63) is 94.4 Å². The highest BCUT2D eigenvalue weighted by Crippen LogP contribution is 2.36. The predicted octanol–water partition coefficient (Wildman–Crippen LogP) is 5.86. The van der Waals surface area contributed by atoms with Crippen molar-refractivity contribution < 1.29 is 14.3 Å². The summed E-state index contributed by atoms with van der Waals surface area (Å²) >= 11 is 1.38. The van der Waals surface area contributed by atoms with Gasteiger partial charge in [0.25, 0.3) is 5.91 Å². The second kappa shape index (κ2) is 10.4. The molecule has 1 aliphatic heterocycles. The van der Waals surface area contributed by atoms with Crippen molar-refractivity contribution in [2.75, 3.05) is 20.8 Å². The van der Waals surface area contributed by atoms with E-state index in [0.29, 0.717) is 28.1 Å². The van der Waals surface area contributed by atoms with Gasteiger partial charge in [-0.3, -0.25) is 9.69 Å². The Morgan fingerprint density at radius 3 is 2.42 bits per heavy atom. The molecule has 0 aromatic heterocycles. The third-order valence-corrected chi connectivity index (χ3v) is 6.34. The molecule has 1 amide bonds. The Morgan fingerprint density at radius 2 is 1.73 bits per heavy atom. The molecule has 0 aliphatic carbocycles. The Kier molecular flexibility index (Phi) is 7.15. The van der Waals surface area contributed by atoms with Gasteiger partial charge in [0.2, 0.25) is 0 Å². The number of thioether (sulfide) groups is 1. The molecule has 0 unspecified atom stereocenters. The van der Waals surface area contributed by atoms with Gasteiger partial charge in [0, 0.05) is 12.1 Å². The number of amidine groups is 1. The lowest BCUT2D eigenvalue weighted by Gasteiger charge is -2.15. The van der Waals surface area contributed by atoms with Crippen LogP contribution in [0.25, 0.3) is 6.08 Å². The van der Waals surface area contributed by atoms with Gasteiger partial charge in [-0.2, -0.15) is 0 Å². The van der Waals surface area contributed by atoms with Crippen LogP contribution in [0, 0.1) is 6.92 Å². The minimum absolute atomic E-state index is 0.0633. The smallest absolute Gasteiger partial charge is 0.266 e. The summed E-state index contributed by atoms with van der Waals surface area (Å²) in [6, 6.07) is 23.7. The van der Waals surface area contributed by atoms with E-state index in [-0.39, 0.29) is 5.91 Å². The number of amides is 1. The molecule has 5 nitrogen and oxygen atoms in total. The number of carbonyl (C=O) groups is 1. The number of carbonyl (C=O) groups excluding carboxylic acids is 1. The minimum atomic E-state index is -0.0633. The summed E-state index contributed by atoms with van der Waals surface area (Å²) < 4.78 is 10.8. The number of aliphatic imine (C=N–C) groups is 1. The van der Waals surface area contributed by atoms with Gasteiger partial charge < -0.3 is 9.47 Å². The quantitative estimate of drug-likeness (QED) is 0.416.